The van der Waals surface area contributed by atoms with Crippen LogP contribution in [0, 0.1) is 5.41 Å². The third-order valence-corrected chi connectivity index (χ3v) is 3.81. The first kappa shape index (κ1) is 12.8. The van der Waals surface area contributed by atoms with Gasteiger partial charge in [-0.3, -0.25) is 9.59 Å². The molecule has 1 N–H and O–H groups in total. The zero-order valence-electron chi connectivity index (χ0n) is 10.7. The summed E-state index contributed by atoms with van der Waals surface area (Å²) in [6, 6.07) is 6.97. The Kier molecular flexibility index (Phi) is 3.80. The first-order valence-electron chi connectivity index (χ1n) is 6.51. The van der Waals surface area contributed by atoms with E-state index in [9.17, 15) is 9.59 Å². The number of hydrogen-bond acceptors (Lipinski definition) is 2. The highest BCUT2D eigenvalue weighted by Gasteiger charge is 2.34. The van der Waals surface area contributed by atoms with Crippen molar-refractivity contribution in [2.75, 3.05) is 5.32 Å². The quantitative estimate of drug-likeness (QED) is 0.829. The van der Waals surface area contributed by atoms with Crippen LogP contribution in [0.2, 0.25) is 0 Å². The van der Waals surface area contributed by atoms with Crippen LogP contribution in [0.15, 0.2) is 24.3 Å². The van der Waals surface area contributed by atoms with Crippen molar-refractivity contribution in [2.24, 2.45) is 5.41 Å². The second-order valence-electron chi connectivity index (χ2n) is 5.32. The SMILES string of the molecule is CC1(C(=O)Nc2ccc(C=O)cc2)CCCCC1. The van der Waals surface area contributed by atoms with E-state index in [1.165, 1.54) is 6.42 Å². The monoisotopic (exact) mass is 245 g/mol. The molecule has 3 nitrogen and oxygen atoms in total. The molecule has 1 aliphatic carbocycles. The standard InChI is InChI=1S/C15H19NO2/c1-15(9-3-2-4-10-15)14(18)16-13-7-5-12(11-17)6-8-13/h5-8,11H,2-4,9-10H2,1H3,(H,16,18). The second-order valence-corrected chi connectivity index (χ2v) is 5.32. The van der Waals surface area contributed by atoms with Crippen LogP contribution in [0.1, 0.15) is 49.4 Å². The summed E-state index contributed by atoms with van der Waals surface area (Å²) in [6.07, 6.45) is 6.23. The van der Waals surface area contributed by atoms with Crippen molar-refractivity contribution in [2.45, 2.75) is 39.0 Å². The maximum Gasteiger partial charge on any atom is 0.230 e. The molecule has 0 atom stereocenters. The van der Waals surface area contributed by atoms with Crippen molar-refractivity contribution in [3.63, 3.8) is 0 Å². The van der Waals surface area contributed by atoms with Gasteiger partial charge in [-0.05, 0) is 37.1 Å². The van der Waals surface area contributed by atoms with E-state index < -0.39 is 0 Å². The fraction of sp³-hybridized carbons (Fsp3) is 0.467. The van der Waals surface area contributed by atoms with Gasteiger partial charge in [-0.1, -0.05) is 26.2 Å². The molecule has 1 saturated carbocycles. The van der Waals surface area contributed by atoms with Gasteiger partial charge in [-0.2, -0.15) is 0 Å². The summed E-state index contributed by atoms with van der Waals surface area (Å²) in [5.74, 6) is 0.0982. The number of amides is 1. The second kappa shape index (κ2) is 5.34. The third kappa shape index (κ3) is 2.78. The van der Waals surface area contributed by atoms with Crippen molar-refractivity contribution >= 4 is 17.9 Å². The van der Waals surface area contributed by atoms with Crippen LogP contribution in [0.4, 0.5) is 5.69 Å². The van der Waals surface area contributed by atoms with E-state index in [4.69, 9.17) is 0 Å². The highest BCUT2D eigenvalue weighted by atomic mass is 16.2. The van der Waals surface area contributed by atoms with E-state index in [-0.39, 0.29) is 11.3 Å². The summed E-state index contributed by atoms with van der Waals surface area (Å²) in [5, 5.41) is 2.95. The summed E-state index contributed by atoms with van der Waals surface area (Å²) < 4.78 is 0. The fourth-order valence-corrected chi connectivity index (χ4v) is 2.49. The number of hydrogen-bond donors (Lipinski definition) is 1. The minimum Gasteiger partial charge on any atom is -0.326 e. The van der Waals surface area contributed by atoms with Crippen LogP contribution < -0.4 is 5.32 Å². The van der Waals surface area contributed by atoms with Crippen molar-refractivity contribution in [1.29, 1.82) is 0 Å². The molecule has 1 aliphatic rings. The summed E-state index contributed by atoms with van der Waals surface area (Å²) in [4.78, 5) is 22.8. The molecule has 0 unspecified atom stereocenters. The maximum absolute atomic E-state index is 12.3. The van der Waals surface area contributed by atoms with Gasteiger partial charge in [0.15, 0.2) is 0 Å². The van der Waals surface area contributed by atoms with Gasteiger partial charge in [0, 0.05) is 16.7 Å². The fourth-order valence-electron chi connectivity index (χ4n) is 2.49. The molecule has 1 amide bonds. The van der Waals surface area contributed by atoms with E-state index in [1.807, 2.05) is 6.92 Å². The molecule has 1 aromatic carbocycles. The number of carbonyl (C=O) groups is 2. The van der Waals surface area contributed by atoms with Crippen LogP contribution in [0.25, 0.3) is 0 Å². The number of anilines is 1. The van der Waals surface area contributed by atoms with E-state index in [1.54, 1.807) is 24.3 Å². The summed E-state index contributed by atoms with van der Waals surface area (Å²) in [7, 11) is 0. The Morgan fingerprint density at radius 2 is 1.78 bits per heavy atom. The normalized spacial score (nSPS) is 18.1. The van der Waals surface area contributed by atoms with Gasteiger partial charge in [0.1, 0.15) is 6.29 Å². The Balaban J connectivity index is 2.03. The average molecular weight is 245 g/mol. The topological polar surface area (TPSA) is 46.2 Å². The highest BCUT2D eigenvalue weighted by molar-refractivity contribution is 5.95. The molecule has 0 heterocycles. The highest BCUT2D eigenvalue weighted by Crippen LogP contribution is 2.36. The van der Waals surface area contributed by atoms with Gasteiger partial charge >= 0.3 is 0 Å². The summed E-state index contributed by atoms with van der Waals surface area (Å²) >= 11 is 0. The molecular formula is C15H19NO2. The van der Waals surface area contributed by atoms with Crippen molar-refractivity contribution in [3.05, 3.63) is 29.8 Å². The Hall–Kier alpha value is -1.64. The largest absolute Gasteiger partial charge is 0.326 e. The van der Waals surface area contributed by atoms with Gasteiger partial charge < -0.3 is 5.32 Å². The zero-order valence-corrected chi connectivity index (χ0v) is 10.7. The van der Waals surface area contributed by atoms with Crippen molar-refractivity contribution < 1.29 is 9.59 Å². The molecule has 0 spiro atoms. The summed E-state index contributed by atoms with van der Waals surface area (Å²) in [5.41, 5.74) is 1.15. The van der Waals surface area contributed by atoms with Crippen molar-refractivity contribution in [1.82, 2.24) is 0 Å². The van der Waals surface area contributed by atoms with Gasteiger partial charge in [-0.25, -0.2) is 0 Å². The number of benzene rings is 1. The van der Waals surface area contributed by atoms with Crippen LogP contribution in [-0.4, -0.2) is 12.2 Å². The van der Waals surface area contributed by atoms with Crippen LogP contribution in [-0.2, 0) is 4.79 Å². The lowest BCUT2D eigenvalue weighted by atomic mass is 9.75. The van der Waals surface area contributed by atoms with Gasteiger partial charge in [0.2, 0.25) is 5.91 Å². The first-order chi connectivity index (χ1) is 8.64. The maximum atomic E-state index is 12.3. The van der Waals surface area contributed by atoms with Crippen LogP contribution >= 0.6 is 0 Å². The molecule has 0 bridgehead atoms. The Morgan fingerprint density at radius 1 is 1.17 bits per heavy atom. The molecular weight excluding hydrogens is 226 g/mol. The molecule has 96 valence electrons. The Morgan fingerprint density at radius 3 is 2.33 bits per heavy atom. The molecule has 0 radical (unpaired) electrons. The lowest BCUT2D eigenvalue weighted by molar-refractivity contribution is -0.126. The zero-order chi connectivity index (χ0) is 13.0. The van der Waals surface area contributed by atoms with E-state index in [0.29, 0.717) is 5.56 Å². The van der Waals surface area contributed by atoms with Crippen molar-refractivity contribution in [3.8, 4) is 0 Å². The predicted molar refractivity (Wildman–Crippen MR) is 71.7 cm³/mol. The minimum absolute atomic E-state index is 0.0982. The molecule has 0 aliphatic heterocycles. The Bertz CT molecular complexity index is 430. The molecule has 0 saturated heterocycles. The van der Waals surface area contributed by atoms with Crippen LogP contribution in [0.5, 0.6) is 0 Å². The first-order valence-corrected chi connectivity index (χ1v) is 6.51. The molecule has 2 rings (SSSR count). The molecule has 0 aromatic heterocycles. The number of aldehydes is 1. The van der Waals surface area contributed by atoms with Gasteiger partial charge in [-0.15, -0.1) is 0 Å². The minimum atomic E-state index is -0.235. The number of carbonyl (C=O) groups excluding carboxylic acids is 2. The smallest absolute Gasteiger partial charge is 0.230 e. The van der Waals surface area contributed by atoms with Crippen LogP contribution in [0.3, 0.4) is 0 Å². The summed E-state index contributed by atoms with van der Waals surface area (Å²) in [6.45, 7) is 2.04. The number of rotatable bonds is 3. The van der Waals surface area contributed by atoms with E-state index in [2.05, 4.69) is 5.32 Å². The lowest BCUT2D eigenvalue weighted by Crippen LogP contribution is -2.35. The molecule has 1 aromatic rings. The molecule has 3 heteroatoms. The predicted octanol–water partition coefficient (Wildman–Crippen LogP) is 3.41. The third-order valence-electron chi connectivity index (χ3n) is 3.81. The lowest BCUT2D eigenvalue weighted by Gasteiger charge is -2.32. The molecule has 18 heavy (non-hydrogen) atoms. The van der Waals surface area contributed by atoms with E-state index >= 15 is 0 Å². The average Bonchev–Trinajstić information content (AvgIpc) is 2.40. The van der Waals surface area contributed by atoms with E-state index in [0.717, 1.165) is 37.7 Å². The molecule has 1 fully saturated rings. The van der Waals surface area contributed by atoms with Gasteiger partial charge in [0.05, 0.1) is 0 Å². The Labute approximate surface area is 108 Å². The number of nitrogens with one attached hydrogen (secondary N) is 1. The van der Waals surface area contributed by atoms with Gasteiger partial charge in [0.25, 0.3) is 0 Å².